The third-order valence-electron chi connectivity index (χ3n) is 4.69. The Morgan fingerprint density at radius 1 is 1.23 bits per heavy atom. The molecule has 0 radical (unpaired) electrons. The minimum absolute atomic E-state index is 0.0574. The highest BCUT2D eigenvalue weighted by Gasteiger charge is 2.20. The van der Waals surface area contributed by atoms with Gasteiger partial charge in [-0.05, 0) is 42.8 Å². The summed E-state index contributed by atoms with van der Waals surface area (Å²) in [6.45, 7) is 4.51. The van der Waals surface area contributed by atoms with Gasteiger partial charge in [0.1, 0.15) is 5.82 Å². The molecule has 0 aliphatic carbocycles. The molecule has 2 aromatic carbocycles. The first-order valence-electron chi connectivity index (χ1n) is 8.93. The number of hydrogen-bond acceptors (Lipinski definition) is 3. The highest BCUT2D eigenvalue weighted by Crippen LogP contribution is 2.27. The molecule has 0 bridgehead atoms. The zero-order valence-electron chi connectivity index (χ0n) is 14.7. The van der Waals surface area contributed by atoms with Gasteiger partial charge in [0.15, 0.2) is 0 Å². The summed E-state index contributed by atoms with van der Waals surface area (Å²) in [4.78, 5) is 18.9. The van der Waals surface area contributed by atoms with Crippen LogP contribution in [0.1, 0.15) is 25.6 Å². The number of halogens is 1. The van der Waals surface area contributed by atoms with Crippen molar-refractivity contribution >= 4 is 39.9 Å². The first-order chi connectivity index (χ1) is 12.6. The van der Waals surface area contributed by atoms with Crippen LogP contribution in [-0.2, 0) is 17.9 Å². The van der Waals surface area contributed by atoms with Gasteiger partial charge in [0.05, 0.1) is 17.6 Å². The lowest BCUT2D eigenvalue weighted by molar-refractivity contribution is -0.116. The Balaban J connectivity index is 1.57. The average Bonchev–Trinajstić information content (AvgIpc) is 2.98. The van der Waals surface area contributed by atoms with Crippen LogP contribution in [-0.4, -0.2) is 22.0 Å². The zero-order chi connectivity index (χ0) is 18.1. The number of rotatable bonds is 4. The van der Waals surface area contributed by atoms with E-state index in [9.17, 15) is 4.79 Å². The predicted molar refractivity (Wildman–Crippen MR) is 106 cm³/mol. The topological polar surface area (TPSA) is 50.2 Å². The number of benzene rings is 2. The minimum Gasteiger partial charge on any atom is -0.362 e. The monoisotopic (exact) mass is 368 g/mol. The molecule has 1 N–H and O–H groups in total. The van der Waals surface area contributed by atoms with Gasteiger partial charge in [-0.2, -0.15) is 0 Å². The van der Waals surface area contributed by atoms with Gasteiger partial charge < -0.3 is 14.8 Å². The van der Waals surface area contributed by atoms with Crippen LogP contribution < -0.4 is 10.2 Å². The summed E-state index contributed by atoms with van der Waals surface area (Å²) < 4.78 is 2.26. The van der Waals surface area contributed by atoms with E-state index in [0.717, 1.165) is 54.3 Å². The van der Waals surface area contributed by atoms with E-state index >= 15 is 0 Å². The van der Waals surface area contributed by atoms with Gasteiger partial charge >= 0.3 is 0 Å². The lowest BCUT2D eigenvalue weighted by Crippen LogP contribution is -2.33. The maximum atomic E-state index is 11.8. The standard InChI is InChI=1S/C20H21ClN4O/c1-2-4-20(26)22-15-5-3-6-16(12-15)24-9-10-25-18-8-7-14(21)11-17(18)23-19(25)13-24/h3,5-8,11-12H,2,4,9-10,13H2,1H3,(H,22,26). The van der Waals surface area contributed by atoms with Crippen molar-refractivity contribution in [2.75, 3.05) is 16.8 Å². The van der Waals surface area contributed by atoms with Gasteiger partial charge in [0.2, 0.25) is 5.91 Å². The van der Waals surface area contributed by atoms with E-state index in [-0.39, 0.29) is 5.91 Å². The largest absolute Gasteiger partial charge is 0.362 e. The number of nitrogens with zero attached hydrogens (tertiary/aromatic N) is 3. The number of nitrogens with one attached hydrogen (secondary N) is 1. The molecule has 0 saturated heterocycles. The molecule has 0 saturated carbocycles. The molecule has 1 aliphatic rings. The third-order valence-corrected chi connectivity index (χ3v) is 4.92. The first kappa shape index (κ1) is 16.9. The Kier molecular flexibility index (Phi) is 4.55. The molecule has 5 nitrogen and oxygen atoms in total. The predicted octanol–water partition coefficient (Wildman–Crippen LogP) is 4.45. The Labute approximate surface area is 157 Å². The minimum atomic E-state index is 0.0574. The van der Waals surface area contributed by atoms with Crippen LogP contribution in [0, 0.1) is 0 Å². The fourth-order valence-electron chi connectivity index (χ4n) is 3.44. The van der Waals surface area contributed by atoms with Crippen molar-refractivity contribution < 1.29 is 4.79 Å². The lowest BCUT2D eigenvalue weighted by Gasteiger charge is -2.30. The molecule has 1 aromatic heterocycles. The summed E-state index contributed by atoms with van der Waals surface area (Å²) >= 11 is 6.09. The number of imidazole rings is 1. The molecule has 2 heterocycles. The summed E-state index contributed by atoms with van der Waals surface area (Å²) in [6.07, 6.45) is 1.39. The summed E-state index contributed by atoms with van der Waals surface area (Å²) in [5.74, 6) is 1.09. The molecule has 0 unspecified atom stereocenters. The molecule has 26 heavy (non-hydrogen) atoms. The Bertz CT molecular complexity index is 966. The highest BCUT2D eigenvalue weighted by molar-refractivity contribution is 6.31. The van der Waals surface area contributed by atoms with Crippen molar-refractivity contribution in [1.29, 1.82) is 0 Å². The molecule has 1 amide bonds. The first-order valence-corrected chi connectivity index (χ1v) is 9.31. The summed E-state index contributed by atoms with van der Waals surface area (Å²) in [6, 6.07) is 13.9. The van der Waals surface area contributed by atoms with Gasteiger partial charge in [-0.15, -0.1) is 0 Å². The van der Waals surface area contributed by atoms with Crippen LogP contribution >= 0.6 is 11.6 Å². The quantitative estimate of drug-likeness (QED) is 0.740. The van der Waals surface area contributed by atoms with Crippen LogP contribution in [0.5, 0.6) is 0 Å². The van der Waals surface area contributed by atoms with Crippen LogP contribution in [0.2, 0.25) is 5.02 Å². The second-order valence-corrected chi connectivity index (χ2v) is 7.02. The van der Waals surface area contributed by atoms with Crippen molar-refractivity contribution in [2.45, 2.75) is 32.9 Å². The number of aromatic nitrogens is 2. The van der Waals surface area contributed by atoms with E-state index in [4.69, 9.17) is 16.6 Å². The van der Waals surface area contributed by atoms with Gasteiger partial charge in [-0.25, -0.2) is 4.98 Å². The Morgan fingerprint density at radius 2 is 2.12 bits per heavy atom. The molecule has 1 aliphatic heterocycles. The second kappa shape index (κ2) is 7.00. The normalized spacial score (nSPS) is 13.7. The molecule has 4 rings (SSSR count). The van der Waals surface area contributed by atoms with Gasteiger partial charge in [-0.1, -0.05) is 24.6 Å². The van der Waals surface area contributed by atoms with Crippen LogP contribution in [0.15, 0.2) is 42.5 Å². The number of carbonyl (C=O) groups is 1. The summed E-state index contributed by atoms with van der Waals surface area (Å²) in [5.41, 5.74) is 4.00. The van der Waals surface area contributed by atoms with E-state index < -0.39 is 0 Å². The molecular weight excluding hydrogens is 348 g/mol. The number of fused-ring (bicyclic) bond motifs is 3. The lowest BCUT2D eigenvalue weighted by atomic mass is 10.2. The van der Waals surface area contributed by atoms with E-state index in [1.54, 1.807) is 0 Å². The van der Waals surface area contributed by atoms with Crippen LogP contribution in [0.25, 0.3) is 11.0 Å². The van der Waals surface area contributed by atoms with Crippen molar-refractivity contribution in [1.82, 2.24) is 9.55 Å². The Hall–Kier alpha value is -2.53. The van der Waals surface area contributed by atoms with Crippen LogP contribution in [0.3, 0.4) is 0 Å². The molecule has 6 heteroatoms. The van der Waals surface area contributed by atoms with E-state index in [2.05, 4.69) is 20.9 Å². The average molecular weight is 369 g/mol. The number of hydrogen-bond donors (Lipinski definition) is 1. The molecule has 0 spiro atoms. The smallest absolute Gasteiger partial charge is 0.224 e. The zero-order valence-corrected chi connectivity index (χ0v) is 15.5. The van der Waals surface area contributed by atoms with Gasteiger partial charge in [0.25, 0.3) is 0 Å². The second-order valence-electron chi connectivity index (χ2n) is 6.58. The molecular formula is C20H21ClN4O. The van der Waals surface area contributed by atoms with E-state index in [1.165, 1.54) is 0 Å². The van der Waals surface area contributed by atoms with Crippen molar-refractivity contribution in [2.24, 2.45) is 0 Å². The van der Waals surface area contributed by atoms with Crippen molar-refractivity contribution in [3.8, 4) is 0 Å². The maximum Gasteiger partial charge on any atom is 0.224 e. The SMILES string of the molecule is CCCC(=O)Nc1cccc(N2CCn3c(nc4cc(Cl)ccc43)C2)c1. The van der Waals surface area contributed by atoms with Crippen molar-refractivity contribution in [3.05, 3.63) is 53.3 Å². The molecule has 3 aromatic rings. The number of carbonyl (C=O) groups excluding carboxylic acids is 1. The van der Waals surface area contributed by atoms with E-state index in [1.807, 2.05) is 43.3 Å². The maximum absolute atomic E-state index is 11.8. The van der Waals surface area contributed by atoms with E-state index in [0.29, 0.717) is 11.4 Å². The van der Waals surface area contributed by atoms with Crippen LogP contribution in [0.4, 0.5) is 11.4 Å². The Morgan fingerprint density at radius 3 is 2.96 bits per heavy atom. The van der Waals surface area contributed by atoms with Gasteiger partial charge in [-0.3, -0.25) is 4.79 Å². The molecule has 0 atom stereocenters. The summed E-state index contributed by atoms with van der Waals surface area (Å²) in [5, 5.41) is 3.68. The third kappa shape index (κ3) is 3.27. The number of anilines is 2. The van der Waals surface area contributed by atoms with Gasteiger partial charge in [0, 0.05) is 35.9 Å². The molecule has 0 fully saturated rings. The highest BCUT2D eigenvalue weighted by atomic mass is 35.5. The summed E-state index contributed by atoms with van der Waals surface area (Å²) in [7, 11) is 0. The van der Waals surface area contributed by atoms with Crippen molar-refractivity contribution in [3.63, 3.8) is 0 Å². The fraction of sp³-hybridized carbons (Fsp3) is 0.300. The molecule has 134 valence electrons. The number of amides is 1. The fourth-order valence-corrected chi connectivity index (χ4v) is 3.61.